The van der Waals surface area contributed by atoms with E-state index < -0.39 is 0 Å². The van der Waals surface area contributed by atoms with Crippen LogP contribution in [0.4, 0.5) is 5.69 Å². The van der Waals surface area contributed by atoms with Crippen molar-refractivity contribution >= 4 is 11.3 Å². The van der Waals surface area contributed by atoms with Gasteiger partial charge in [-0.3, -0.25) is 0 Å². The predicted octanol–water partition coefficient (Wildman–Crippen LogP) is 21.1. The van der Waals surface area contributed by atoms with Gasteiger partial charge >= 0.3 is 0 Å². The summed E-state index contributed by atoms with van der Waals surface area (Å²) in [6.07, 6.45) is 80.9. The first-order chi connectivity index (χ1) is 40.2. The van der Waals surface area contributed by atoms with Crippen LogP contribution in [0.25, 0.3) is 5.57 Å². The Labute approximate surface area is 498 Å². The standard InChI is InChI=1S/C79H106N2O/c1-6-9-10-12-19-58-25-31-59(32-26-58)60-33-42-66(43-34-60)81(67-44-35-61(36-45-67)62-37-50-75-73(54-62)78(5)52-18-17-24-76(78)80(75)65-40-27-56(7-2)28-41-65)77(4)53-51-71-70-22-15-16-23-72(70)79(74(71)55-77,63-20-13-11-14-21-63)64-38-48-69(49-39-64)82-68-46-29-57(8-3)30-47-68/h7-8,11,13,24,27,29,33-37,40-42,44-46,48,50,54,56-59,63-64,66,68,70-75H,2-3,6,9-10,12,14-23,25-26,28,30-32,38-39,43,47,49,51-53,55H2,1,4-5H3. The van der Waals surface area contributed by atoms with Crippen molar-refractivity contribution < 1.29 is 4.74 Å². The number of hydrogen-bond donors (Lipinski definition) is 0. The van der Waals surface area contributed by atoms with E-state index in [1.54, 1.807) is 11.3 Å². The third-order valence-corrected chi connectivity index (χ3v) is 25.2. The fourth-order valence-electron chi connectivity index (χ4n) is 21.1. The van der Waals surface area contributed by atoms with Crippen molar-refractivity contribution in [3.63, 3.8) is 0 Å². The van der Waals surface area contributed by atoms with E-state index in [1.165, 1.54) is 182 Å². The number of allylic oxidation sites excluding steroid dienone is 16. The van der Waals surface area contributed by atoms with Crippen LogP contribution in [0, 0.1) is 75.9 Å². The molecule has 0 spiro atoms. The number of anilines is 1. The van der Waals surface area contributed by atoms with Crippen LogP contribution >= 0.6 is 0 Å². The van der Waals surface area contributed by atoms with Crippen molar-refractivity contribution in [2.45, 2.75) is 231 Å². The Kier molecular flexibility index (Phi) is 16.9. The Morgan fingerprint density at radius 2 is 1.51 bits per heavy atom. The van der Waals surface area contributed by atoms with Gasteiger partial charge in [0.15, 0.2) is 0 Å². The van der Waals surface area contributed by atoms with E-state index in [-0.39, 0.29) is 17.1 Å². The Morgan fingerprint density at radius 1 is 0.671 bits per heavy atom. The number of benzene rings is 1. The minimum absolute atomic E-state index is 0.0499. The minimum atomic E-state index is 0.0499. The van der Waals surface area contributed by atoms with Crippen molar-refractivity contribution in [2.24, 2.45) is 75.9 Å². The van der Waals surface area contributed by atoms with Gasteiger partial charge in [-0.25, -0.2) is 0 Å². The first-order valence-corrected chi connectivity index (χ1v) is 34.7. The summed E-state index contributed by atoms with van der Waals surface area (Å²) in [5.74, 6) is 9.23. The summed E-state index contributed by atoms with van der Waals surface area (Å²) in [4.78, 5) is 5.79. The third kappa shape index (κ3) is 10.6. The molecule has 12 aliphatic rings. The van der Waals surface area contributed by atoms with E-state index in [2.05, 4.69) is 171 Å². The van der Waals surface area contributed by atoms with E-state index in [0.717, 1.165) is 79.4 Å². The lowest BCUT2D eigenvalue weighted by Gasteiger charge is -2.59. The van der Waals surface area contributed by atoms with Crippen LogP contribution in [-0.4, -0.2) is 28.6 Å². The van der Waals surface area contributed by atoms with Crippen molar-refractivity contribution in [2.75, 3.05) is 4.90 Å². The number of rotatable bonds is 17. The van der Waals surface area contributed by atoms with Gasteiger partial charge in [0.05, 0.1) is 17.8 Å². The van der Waals surface area contributed by atoms with Crippen LogP contribution in [0.1, 0.15) is 213 Å². The van der Waals surface area contributed by atoms with Crippen LogP contribution in [0.15, 0.2) is 163 Å². The van der Waals surface area contributed by atoms with Crippen molar-refractivity contribution in [1.29, 1.82) is 0 Å². The molecule has 5 fully saturated rings. The number of hydrogen-bond acceptors (Lipinski definition) is 3. The molecule has 1 heterocycles. The molecule has 0 amide bonds. The average molecular weight is 1100 g/mol. The van der Waals surface area contributed by atoms with Crippen molar-refractivity contribution in [3.8, 4) is 0 Å². The van der Waals surface area contributed by atoms with Crippen molar-refractivity contribution in [1.82, 2.24) is 4.90 Å². The van der Waals surface area contributed by atoms with Crippen molar-refractivity contribution in [3.05, 3.63) is 169 Å². The van der Waals surface area contributed by atoms with E-state index in [4.69, 9.17) is 4.74 Å². The van der Waals surface area contributed by atoms with Gasteiger partial charge in [-0.05, 0) is 253 Å². The lowest BCUT2D eigenvalue weighted by atomic mass is 9.48. The molecule has 438 valence electrons. The molecule has 4 saturated carbocycles. The Balaban J connectivity index is 0.815. The molecule has 13 rings (SSSR count). The zero-order valence-electron chi connectivity index (χ0n) is 51.4. The second-order valence-electron chi connectivity index (χ2n) is 29.4. The normalized spacial score (nSPS) is 40.3. The molecule has 0 aromatic heterocycles. The van der Waals surface area contributed by atoms with Gasteiger partial charge in [-0.15, -0.1) is 13.2 Å². The molecule has 1 aliphatic heterocycles. The van der Waals surface area contributed by atoms with Gasteiger partial charge in [-0.2, -0.15) is 0 Å². The Bertz CT molecular complexity index is 2780. The molecule has 11 aliphatic carbocycles. The zero-order valence-corrected chi connectivity index (χ0v) is 51.4. The first kappa shape index (κ1) is 56.6. The van der Waals surface area contributed by atoms with Crippen LogP contribution in [-0.2, 0) is 4.74 Å². The molecule has 0 bridgehead atoms. The highest BCUT2D eigenvalue weighted by Crippen LogP contribution is 2.73. The maximum atomic E-state index is 6.90. The van der Waals surface area contributed by atoms with Gasteiger partial charge in [0, 0.05) is 40.4 Å². The summed E-state index contributed by atoms with van der Waals surface area (Å²) in [5, 5.41) is 0. The summed E-state index contributed by atoms with van der Waals surface area (Å²) in [7, 11) is 0. The first-order valence-electron chi connectivity index (χ1n) is 34.7. The Morgan fingerprint density at radius 3 is 2.24 bits per heavy atom. The van der Waals surface area contributed by atoms with Crippen LogP contribution in [0.5, 0.6) is 0 Å². The maximum absolute atomic E-state index is 6.90. The molecule has 1 aromatic carbocycles. The van der Waals surface area contributed by atoms with Gasteiger partial charge in [0.2, 0.25) is 0 Å². The molecule has 15 atom stereocenters. The van der Waals surface area contributed by atoms with Gasteiger partial charge in [-0.1, -0.05) is 156 Å². The fourth-order valence-corrected chi connectivity index (χ4v) is 21.1. The summed E-state index contributed by atoms with van der Waals surface area (Å²) >= 11 is 0. The lowest BCUT2D eigenvalue weighted by molar-refractivity contribution is -0.0663. The van der Waals surface area contributed by atoms with E-state index in [0.29, 0.717) is 35.3 Å². The molecular formula is C79H106N2O. The predicted molar refractivity (Wildman–Crippen MR) is 347 cm³/mol. The molecule has 0 N–H and O–H groups in total. The number of likely N-dealkylation sites (tertiary alicyclic amines) is 1. The highest BCUT2D eigenvalue weighted by atomic mass is 16.5. The highest BCUT2D eigenvalue weighted by molar-refractivity contribution is 5.77. The molecule has 82 heavy (non-hydrogen) atoms. The van der Waals surface area contributed by atoms with Crippen LogP contribution < -0.4 is 4.90 Å². The summed E-state index contributed by atoms with van der Waals surface area (Å²) in [6, 6.07) is 11.0. The Hall–Kier alpha value is -4.50. The molecule has 1 aromatic rings. The second kappa shape index (κ2) is 24.5. The molecule has 0 radical (unpaired) electrons. The van der Waals surface area contributed by atoms with Crippen LogP contribution in [0.2, 0.25) is 0 Å². The molecule has 3 heteroatoms. The number of fused-ring (bicyclic) bond motifs is 6. The second-order valence-corrected chi connectivity index (χ2v) is 29.4. The summed E-state index contributed by atoms with van der Waals surface area (Å²) in [6.45, 7) is 15.9. The quantitative estimate of drug-likeness (QED) is 0.114. The number of unbranched alkanes of at least 4 members (excludes halogenated alkanes) is 3. The van der Waals surface area contributed by atoms with E-state index in [1.807, 2.05) is 0 Å². The monoisotopic (exact) mass is 1100 g/mol. The minimum Gasteiger partial charge on any atom is -0.491 e. The molecular weight excluding hydrogens is 993 g/mol. The largest absolute Gasteiger partial charge is 0.491 e. The van der Waals surface area contributed by atoms with Gasteiger partial charge < -0.3 is 14.5 Å². The van der Waals surface area contributed by atoms with E-state index >= 15 is 0 Å². The number of ether oxygens (including phenoxy) is 1. The summed E-state index contributed by atoms with van der Waals surface area (Å²) < 4.78 is 6.90. The zero-order chi connectivity index (χ0) is 55.8. The lowest BCUT2D eigenvalue weighted by Crippen LogP contribution is -2.58. The smallest absolute Gasteiger partial charge is 0.116 e. The highest BCUT2D eigenvalue weighted by Gasteiger charge is 2.67. The van der Waals surface area contributed by atoms with Gasteiger partial charge in [0.25, 0.3) is 0 Å². The molecule has 3 nitrogen and oxygen atoms in total. The van der Waals surface area contributed by atoms with E-state index in [9.17, 15) is 0 Å². The molecule has 15 unspecified atom stereocenters. The average Bonchev–Trinajstić information content (AvgIpc) is 2.89. The maximum Gasteiger partial charge on any atom is 0.116 e. The third-order valence-electron chi connectivity index (χ3n) is 25.2. The van der Waals surface area contributed by atoms with Gasteiger partial charge in [0.1, 0.15) is 6.10 Å². The SMILES string of the molecule is C=CC1C=CC(N2C3=CCCCC3(C)C3C=C(c4ccc(N(C5C=CC(C6CCC(CCCCCC)CC6)=CC5)C5(C)CCC6C7CCCCC7C(C7CC=CCC7)(C7CC=C(OC8C=CC(C=C)CC8)CC7)C6C5)cc4)C=CC32)=CC1. The number of nitrogens with zero attached hydrogens (tertiary/aromatic N) is 2. The summed E-state index contributed by atoms with van der Waals surface area (Å²) in [5.41, 5.74) is 9.39. The fraction of sp³-hybridized carbons (Fsp3) is 0.620. The topological polar surface area (TPSA) is 15.7 Å². The van der Waals surface area contributed by atoms with Crippen LogP contribution in [0.3, 0.4) is 0 Å². The molecule has 1 saturated heterocycles.